The summed E-state index contributed by atoms with van der Waals surface area (Å²) >= 11 is 0. The quantitative estimate of drug-likeness (QED) is 0.293. The number of phenols is 2. The highest BCUT2D eigenvalue weighted by atomic mass is 16.3. The van der Waals surface area contributed by atoms with Gasteiger partial charge in [-0.3, -0.25) is 0 Å². The molecule has 0 amide bonds. The number of aromatic nitrogens is 1. The second kappa shape index (κ2) is 8.23. The van der Waals surface area contributed by atoms with Crippen LogP contribution in [0.4, 0.5) is 23.0 Å². The summed E-state index contributed by atoms with van der Waals surface area (Å²) in [4.78, 5) is 4.30. The maximum absolute atomic E-state index is 10.5. The lowest BCUT2D eigenvalue weighted by Gasteiger charge is -2.03. The molecular weight excluding hydrogens is 402 g/mol. The number of fused-ring (bicyclic) bond motifs is 2. The van der Waals surface area contributed by atoms with E-state index in [9.17, 15) is 10.2 Å². The number of aromatic hydroxyl groups is 2. The van der Waals surface area contributed by atoms with E-state index in [4.69, 9.17) is 0 Å². The molecule has 0 saturated carbocycles. The fourth-order valence-electron chi connectivity index (χ4n) is 3.38. The van der Waals surface area contributed by atoms with Crippen molar-refractivity contribution in [1.29, 1.82) is 0 Å². The summed E-state index contributed by atoms with van der Waals surface area (Å²) in [6.07, 6.45) is 0. The third-order valence-electron chi connectivity index (χ3n) is 5.00. The third-order valence-corrected chi connectivity index (χ3v) is 5.00. The molecule has 0 atom stereocenters. The molecule has 0 fully saturated rings. The third kappa shape index (κ3) is 3.75. The summed E-state index contributed by atoms with van der Waals surface area (Å²) in [6, 6.07) is 27.2. The van der Waals surface area contributed by atoms with E-state index in [2.05, 4.69) is 25.4 Å². The SMILES string of the molecule is Oc1c(N=Nc2cccc(N=Nc3ccc4ccccc4c3O)n2)ccc2ccccc12. The first-order valence-electron chi connectivity index (χ1n) is 9.91. The molecule has 4 aromatic carbocycles. The summed E-state index contributed by atoms with van der Waals surface area (Å²) in [5.74, 6) is 0.762. The summed E-state index contributed by atoms with van der Waals surface area (Å²) in [5, 5.41) is 40.7. The van der Waals surface area contributed by atoms with E-state index in [1.165, 1.54) is 0 Å². The Labute approximate surface area is 183 Å². The van der Waals surface area contributed by atoms with Crippen molar-refractivity contribution in [3.8, 4) is 11.5 Å². The van der Waals surface area contributed by atoms with Crippen molar-refractivity contribution in [3.05, 3.63) is 91.0 Å². The number of benzene rings is 4. The van der Waals surface area contributed by atoms with Gasteiger partial charge in [0, 0.05) is 10.8 Å². The van der Waals surface area contributed by atoms with Crippen molar-refractivity contribution in [3.63, 3.8) is 0 Å². The number of nitrogens with zero attached hydrogens (tertiary/aromatic N) is 5. The van der Waals surface area contributed by atoms with Crippen molar-refractivity contribution in [2.45, 2.75) is 0 Å². The molecule has 7 heteroatoms. The Hall–Kier alpha value is -4.65. The molecule has 7 nitrogen and oxygen atoms in total. The van der Waals surface area contributed by atoms with Crippen LogP contribution >= 0.6 is 0 Å². The molecule has 154 valence electrons. The van der Waals surface area contributed by atoms with E-state index in [1.807, 2.05) is 60.7 Å². The summed E-state index contributed by atoms with van der Waals surface area (Å²) in [5.41, 5.74) is 0.692. The molecule has 0 bridgehead atoms. The fourth-order valence-corrected chi connectivity index (χ4v) is 3.38. The Morgan fingerprint density at radius 2 is 0.938 bits per heavy atom. The normalized spacial score (nSPS) is 11.8. The number of pyridine rings is 1. The first-order valence-corrected chi connectivity index (χ1v) is 9.91. The lowest BCUT2D eigenvalue weighted by molar-refractivity contribution is 0.482. The average Bonchev–Trinajstić information content (AvgIpc) is 2.84. The van der Waals surface area contributed by atoms with Crippen LogP contribution in [-0.4, -0.2) is 15.2 Å². The molecule has 5 rings (SSSR count). The number of rotatable bonds is 4. The maximum Gasteiger partial charge on any atom is 0.176 e. The van der Waals surface area contributed by atoms with Gasteiger partial charge in [0.1, 0.15) is 11.4 Å². The average molecular weight is 419 g/mol. The van der Waals surface area contributed by atoms with Crippen LogP contribution in [0.15, 0.2) is 111 Å². The van der Waals surface area contributed by atoms with E-state index in [1.54, 1.807) is 30.3 Å². The van der Waals surface area contributed by atoms with Crippen molar-refractivity contribution >= 4 is 44.6 Å². The second-order valence-corrected chi connectivity index (χ2v) is 7.06. The standard InChI is InChI=1S/C25H17N5O2/c31-24-18-8-3-1-6-16(18)12-14-20(24)27-29-22-10-5-11-23(26-22)30-28-21-15-13-17-7-2-4-9-19(17)25(21)32/h1-15,31-32H. The predicted octanol–water partition coefficient (Wildman–Crippen LogP) is 7.63. The number of azo groups is 2. The molecule has 1 heterocycles. The number of phenolic OH excluding ortho intramolecular Hbond substituents is 2. The molecule has 2 N–H and O–H groups in total. The Bertz CT molecular complexity index is 1400. The Morgan fingerprint density at radius 1 is 0.469 bits per heavy atom. The van der Waals surface area contributed by atoms with E-state index < -0.39 is 0 Å². The van der Waals surface area contributed by atoms with Gasteiger partial charge in [-0.15, -0.1) is 20.5 Å². The zero-order valence-corrected chi connectivity index (χ0v) is 16.8. The molecule has 1 aromatic heterocycles. The molecule has 0 saturated heterocycles. The van der Waals surface area contributed by atoms with Crippen LogP contribution in [0.5, 0.6) is 11.5 Å². The minimum absolute atomic E-state index is 0.0643. The summed E-state index contributed by atoms with van der Waals surface area (Å²) < 4.78 is 0. The predicted molar refractivity (Wildman–Crippen MR) is 124 cm³/mol. The fraction of sp³-hybridized carbons (Fsp3) is 0. The number of hydrogen-bond acceptors (Lipinski definition) is 7. The summed E-state index contributed by atoms with van der Waals surface area (Å²) in [7, 11) is 0. The van der Waals surface area contributed by atoms with Crippen molar-refractivity contribution in [2.75, 3.05) is 0 Å². The first-order chi connectivity index (χ1) is 15.7. The van der Waals surface area contributed by atoms with Gasteiger partial charge in [-0.05, 0) is 35.0 Å². The second-order valence-electron chi connectivity index (χ2n) is 7.06. The molecule has 5 aromatic rings. The van der Waals surface area contributed by atoms with Gasteiger partial charge in [-0.25, -0.2) is 4.98 Å². The minimum Gasteiger partial charge on any atom is -0.505 e. The van der Waals surface area contributed by atoms with E-state index in [0.717, 1.165) is 10.8 Å². The molecule has 0 aliphatic carbocycles. The van der Waals surface area contributed by atoms with Crippen molar-refractivity contribution in [2.24, 2.45) is 20.5 Å². The van der Waals surface area contributed by atoms with Gasteiger partial charge in [-0.2, -0.15) is 0 Å². The molecule has 32 heavy (non-hydrogen) atoms. The van der Waals surface area contributed by atoms with Gasteiger partial charge >= 0.3 is 0 Å². The van der Waals surface area contributed by atoms with Gasteiger partial charge in [-0.1, -0.05) is 66.7 Å². The smallest absolute Gasteiger partial charge is 0.176 e. The van der Waals surface area contributed by atoms with Gasteiger partial charge < -0.3 is 10.2 Å². The minimum atomic E-state index is 0.0643. The van der Waals surface area contributed by atoms with E-state index >= 15 is 0 Å². The molecule has 0 aliphatic heterocycles. The lowest BCUT2D eigenvalue weighted by Crippen LogP contribution is -1.76. The van der Waals surface area contributed by atoms with Crippen molar-refractivity contribution in [1.82, 2.24) is 4.98 Å². The van der Waals surface area contributed by atoms with Crippen LogP contribution in [-0.2, 0) is 0 Å². The first kappa shape index (κ1) is 19.3. The zero-order chi connectivity index (χ0) is 21.9. The summed E-state index contributed by atoms with van der Waals surface area (Å²) in [6.45, 7) is 0. The largest absolute Gasteiger partial charge is 0.505 e. The van der Waals surface area contributed by atoms with Gasteiger partial charge in [0.2, 0.25) is 0 Å². The van der Waals surface area contributed by atoms with Crippen LogP contribution in [0.25, 0.3) is 21.5 Å². The Balaban J connectivity index is 1.41. The highest BCUT2D eigenvalue weighted by Gasteiger charge is 2.07. The lowest BCUT2D eigenvalue weighted by atomic mass is 10.1. The number of hydrogen-bond donors (Lipinski definition) is 2. The topological polar surface area (TPSA) is 103 Å². The van der Waals surface area contributed by atoms with Crippen LogP contribution in [0.3, 0.4) is 0 Å². The van der Waals surface area contributed by atoms with Gasteiger partial charge in [0.05, 0.1) is 0 Å². The monoisotopic (exact) mass is 419 g/mol. The maximum atomic E-state index is 10.5. The van der Waals surface area contributed by atoms with Gasteiger partial charge in [0.15, 0.2) is 23.1 Å². The molecular formula is C25H17N5O2. The highest BCUT2D eigenvalue weighted by molar-refractivity contribution is 5.93. The van der Waals surface area contributed by atoms with Crippen LogP contribution < -0.4 is 0 Å². The Kier molecular flexibility index (Phi) is 4.97. The molecule has 0 radical (unpaired) electrons. The molecule has 0 aliphatic rings. The Morgan fingerprint density at radius 3 is 1.44 bits per heavy atom. The van der Waals surface area contributed by atoms with Crippen molar-refractivity contribution < 1.29 is 10.2 Å². The van der Waals surface area contributed by atoms with Crippen LogP contribution in [0.1, 0.15) is 0 Å². The van der Waals surface area contributed by atoms with Crippen LogP contribution in [0.2, 0.25) is 0 Å². The van der Waals surface area contributed by atoms with Gasteiger partial charge in [0.25, 0.3) is 0 Å². The molecule has 0 spiro atoms. The van der Waals surface area contributed by atoms with Crippen LogP contribution in [0, 0.1) is 0 Å². The highest BCUT2D eigenvalue weighted by Crippen LogP contribution is 2.36. The van der Waals surface area contributed by atoms with E-state index in [-0.39, 0.29) is 11.5 Å². The zero-order valence-electron chi connectivity index (χ0n) is 16.8. The van der Waals surface area contributed by atoms with E-state index in [0.29, 0.717) is 33.8 Å². The molecule has 0 unspecified atom stereocenters.